The Hall–Kier alpha value is -0.780. The number of halogens is 3. The lowest BCUT2D eigenvalue weighted by molar-refractivity contribution is -0.187. The van der Waals surface area contributed by atoms with Gasteiger partial charge in [0, 0.05) is 31.6 Å². The third-order valence-electron chi connectivity index (χ3n) is 5.70. The molecule has 1 N–H and O–H groups in total. The normalized spacial score (nSPS) is 40.4. The Kier molecular flexibility index (Phi) is 3.93. The molecule has 120 valence electrons. The number of likely N-dealkylation sites (tertiary alicyclic amines) is 1. The number of hydrogen-bond donors (Lipinski definition) is 1. The van der Waals surface area contributed by atoms with Gasteiger partial charge in [0.2, 0.25) is 5.91 Å². The molecule has 0 bridgehead atoms. The van der Waals surface area contributed by atoms with Crippen LogP contribution >= 0.6 is 0 Å². The quantitative estimate of drug-likeness (QED) is 0.807. The van der Waals surface area contributed by atoms with Crippen LogP contribution in [0.3, 0.4) is 0 Å². The molecule has 0 aromatic rings. The molecule has 2 aliphatic heterocycles. The fourth-order valence-electron chi connectivity index (χ4n) is 4.40. The Morgan fingerprint density at radius 2 is 2.00 bits per heavy atom. The summed E-state index contributed by atoms with van der Waals surface area (Å²) in [5.41, 5.74) is 0. The van der Waals surface area contributed by atoms with Crippen LogP contribution in [0.4, 0.5) is 13.2 Å². The highest BCUT2D eigenvalue weighted by molar-refractivity contribution is 5.79. The summed E-state index contributed by atoms with van der Waals surface area (Å²) >= 11 is 0. The first-order chi connectivity index (χ1) is 9.88. The molecule has 5 atom stereocenters. The molecule has 3 aliphatic rings. The fourth-order valence-corrected chi connectivity index (χ4v) is 4.40. The number of hydrogen-bond acceptors (Lipinski definition) is 2. The van der Waals surface area contributed by atoms with Crippen LogP contribution in [-0.2, 0) is 4.79 Å². The van der Waals surface area contributed by atoms with Crippen molar-refractivity contribution in [2.75, 3.05) is 19.6 Å². The number of nitrogens with one attached hydrogen (secondary N) is 1. The molecule has 21 heavy (non-hydrogen) atoms. The molecule has 2 heterocycles. The average Bonchev–Trinajstić information content (AvgIpc) is 3.01. The zero-order chi connectivity index (χ0) is 15.2. The van der Waals surface area contributed by atoms with Gasteiger partial charge in [0.15, 0.2) is 0 Å². The van der Waals surface area contributed by atoms with Gasteiger partial charge in [-0.3, -0.25) is 4.79 Å². The minimum Gasteiger partial charge on any atom is -0.339 e. The molecule has 3 fully saturated rings. The number of carbonyl (C=O) groups is 1. The van der Waals surface area contributed by atoms with E-state index in [9.17, 15) is 18.0 Å². The standard InChI is InChI=1S/C15H23F3N2O/c1-9-13-7-19-6-11(13)8-20(9)14(21)10-3-2-4-12(5-10)15(16,17)18/h9-13,19H,2-8H2,1H3. The van der Waals surface area contributed by atoms with Gasteiger partial charge in [-0.1, -0.05) is 6.42 Å². The Labute approximate surface area is 123 Å². The van der Waals surface area contributed by atoms with E-state index in [1.165, 1.54) is 0 Å². The van der Waals surface area contributed by atoms with Crippen molar-refractivity contribution in [3.63, 3.8) is 0 Å². The largest absolute Gasteiger partial charge is 0.391 e. The SMILES string of the molecule is CC1C2CNCC2CN1C(=O)C1CCCC(C(F)(F)F)C1. The molecule has 0 aromatic carbocycles. The van der Waals surface area contributed by atoms with Gasteiger partial charge in [0.1, 0.15) is 0 Å². The lowest BCUT2D eigenvalue weighted by Gasteiger charge is -2.34. The minimum absolute atomic E-state index is 0.0147. The molecule has 0 radical (unpaired) electrons. The summed E-state index contributed by atoms with van der Waals surface area (Å²) in [6.07, 6.45) is -2.87. The minimum atomic E-state index is -4.16. The van der Waals surface area contributed by atoms with Gasteiger partial charge in [-0.05, 0) is 38.0 Å². The van der Waals surface area contributed by atoms with E-state index in [1.54, 1.807) is 0 Å². The summed E-state index contributed by atoms with van der Waals surface area (Å²) in [6, 6.07) is 0.156. The number of rotatable bonds is 1. The predicted molar refractivity (Wildman–Crippen MR) is 72.5 cm³/mol. The Morgan fingerprint density at radius 1 is 1.24 bits per heavy atom. The highest BCUT2D eigenvalue weighted by Gasteiger charge is 2.48. The van der Waals surface area contributed by atoms with Crippen LogP contribution in [0.5, 0.6) is 0 Å². The summed E-state index contributed by atoms with van der Waals surface area (Å²) in [7, 11) is 0. The van der Waals surface area contributed by atoms with Crippen molar-refractivity contribution in [2.45, 2.75) is 44.8 Å². The second-order valence-electron chi connectivity index (χ2n) is 6.92. The van der Waals surface area contributed by atoms with Crippen LogP contribution in [0, 0.1) is 23.7 Å². The number of alkyl halides is 3. The van der Waals surface area contributed by atoms with Crippen molar-refractivity contribution >= 4 is 5.91 Å². The van der Waals surface area contributed by atoms with E-state index in [4.69, 9.17) is 0 Å². The first-order valence-electron chi connectivity index (χ1n) is 7.96. The third-order valence-corrected chi connectivity index (χ3v) is 5.70. The molecule has 2 saturated heterocycles. The molecule has 1 amide bonds. The van der Waals surface area contributed by atoms with Crippen molar-refractivity contribution in [3.8, 4) is 0 Å². The van der Waals surface area contributed by atoms with Crippen molar-refractivity contribution in [1.82, 2.24) is 10.2 Å². The van der Waals surface area contributed by atoms with Crippen LogP contribution < -0.4 is 5.32 Å². The number of nitrogens with zero attached hydrogens (tertiary/aromatic N) is 1. The molecule has 0 spiro atoms. The highest BCUT2D eigenvalue weighted by Crippen LogP contribution is 2.42. The van der Waals surface area contributed by atoms with E-state index >= 15 is 0 Å². The molecule has 3 nitrogen and oxygen atoms in total. The number of fused-ring (bicyclic) bond motifs is 1. The van der Waals surface area contributed by atoms with E-state index in [0.717, 1.165) is 13.1 Å². The first kappa shape index (κ1) is 15.1. The summed E-state index contributed by atoms with van der Waals surface area (Å²) in [5, 5.41) is 3.33. The van der Waals surface area contributed by atoms with Crippen LogP contribution in [0.1, 0.15) is 32.6 Å². The average molecular weight is 304 g/mol. The fraction of sp³-hybridized carbons (Fsp3) is 0.933. The zero-order valence-electron chi connectivity index (χ0n) is 12.3. The third kappa shape index (κ3) is 2.79. The predicted octanol–water partition coefficient (Wildman–Crippen LogP) is 2.42. The summed E-state index contributed by atoms with van der Waals surface area (Å²) in [5.74, 6) is -0.813. The monoisotopic (exact) mass is 304 g/mol. The van der Waals surface area contributed by atoms with Gasteiger partial charge in [-0.2, -0.15) is 13.2 Å². The molecule has 6 heteroatoms. The van der Waals surface area contributed by atoms with Crippen LogP contribution in [-0.4, -0.2) is 42.7 Å². The van der Waals surface area contributed by atoms with Crippen LogP contribution in [0.25, 0.3) is 0 Å². The number of carbonyl (C=O) groups excluding carboxylic acids is 1. The second-order valence-corrected chi connectivity index (χ2v) is 6.92. The Bertz CT molecular complexity index is 412. The van der Waals surface area contributed by atoms with Gasteiger partial charge in [0.25, 0.3) is 0 Å². The molecule has 1 aliphatic carbocycles. The van der Waals surface area contributed by atoms with E-state index < -0.39 is 18.0 Å². The van der Waals surface area contributed by atoms with E-state index in [0.29, 0.717) is 31.2 Å². The van der Waals surface area contributed by atoms with Gasteiger partial charge >= 0.3 is 6.18 Å². The smallest absolute Gasteiger partial charge is 0.339 e. The summed E-state index contributed by atoms with van der Waals surface area (Å²) < 4.78 is 38.7. The maximum absolute atomic E-state index is 12.9. The van der Waals surface area contributed by atoms with Crippen molar-refractivity contribution < 1.29 is 18.0 Å². The van der Waals surface area contributed by atoms with E-state index in [1.807, 2.05) is 11.8 Å². The Morgan fingerprint density at radius 3 is 2.67 bits per heavy atom. The molecule has 3 rings (SSSR count). The maximum atomic E-state index is 12.9. The van der Waals surface area contributed by atoms with Crippen molar-refractivity contribution in [1.29, 1.82) is 0 Å². The van der Waals surface area contributed by atoms with E-state index in [-0.39, 0.29) is 24.8 Å². The van der Waals surface area contributed by atoms with Gasteiger partial charge in [0.05, 0.1) is 5.92 Å². The van der Waals surface area contributed by atoms with Gasteiger partial charge in [-0.25, -0.2) is 0 Å². The topological polar surface area (TPSA) is 32.3 Å². The zero-order valence-corrected chi connectivity index (χ0v) is 12.3. The van der Waals surface area contributed by atoms with Crippen molar-refractivity contribution in [3.05, 3.63) is 0 Å². The number of amides is 1. The summed E-state index contributed by atoms with van der Waals surface area (Å²) in [6.45, 7) is 4.60. The van der Waals surface area contributed by atoms with Crippen LogP contribution in [0.15, 0.2) is 0 Å². The lowest BCUT2D eigenvalue weighted by atomic mass is 9.80. The Balaban J connectivity index is 1.65. The lowest BCUT2D eigenvalue weighted by Crippen LogP contribution is -2.43. The van der Waals surface area contributed by atoms with Gasteiger partial charge < -0.3 is 10.2 Å². The van der Waals surface area contributed by atoms with Crippen LogP contribution in [0.2, 0.25) is 0 Å². The molecular formula is C15H23F3N2O. The van der Waals surface area contributed by atoms with E-state index in [2.05, 4.69) is 5.32 Å². The first-order valence-corrected chi connectivity index (χ1v) is 7.96. The summed E-state index contributed by atoms with van der Waals surface area (Å²) in [4.78, 5) is 14.5. The van der Waals surface area contributed by atoms with Gasteiger partial charge in [-0.15, -0.1) is 0 Å². The van der Waals surface area contributed by atoms with Crippen molar-refractivity contribution in [2.24, 2.45) is 23.7 Å². The molecular weight excluding hydrogens is 281 g/mol. The molecule has 0 aromatic heterocycles. The second kappa shape index (κ2) is 5.45. The maximum Gasteiger partial charge on any atom is 0.391 e. The highest BCUT2D eigenvalue weighted by atomic mass is 19.4. The molecule has 1 saturated carbocycles. The molecule has 5 unspecified atom stereocenters.